The molecule has 0 aliphatic carbocycles. The number of benzene rings is 2. The standard InChI is InChI=1S/C23H19ClN4O3/c1-14-7-8-19(11-22(14)24)26-23(29)18(13-25)10-17-9-15(2)27(16(17)3)20-5-4-6-21(12-20)28(30)31/h4-12H,1-3H3,(H,26,29)/b18-10-. The van der Waals surface area contributed by atoms with E-state index in [-0.39, 0.29) is 11.3 Å². The Morgan fingerprint density at radius 1 is 1.19 bits per heavy atom. The topological polar surface area (TPSA) is 101 Å². The first-order valence-corrected chi connectivity index (χ1v) is 9.72. The van der Waals surface area contributed by atoms with Gasteiger partial charge in [-0.15, -0.1) is 0 Å². The normalized spacial score (nSPS) is 11.1. The zero-order valence-corrected chi connectivity index (χ0v) is 17.9. The van der Waals surface area contributed by atoms with Crippen LogP contribution in [0.5, 0.6) is 0 Å². The number of aromatic nitrogens is 1. The summed E-state index contributed by atoms with van der Waals surface area (Å²) in [5.41, 5.74) is 4.13. The van der Waals surface area contributed by atoms with E-state index in [1.165, 1.54) is 18.2 Å². The minimum atomic E-state index is -0.553. The summed E-state index contributed by atoms with van der Waals surface area (Å²) < 4.78 is 1.84. The summed E-state index contributed by atoms with van der Waals surface area (Å²) in [6.07, 6.45) is 1.50. The summed E-state index contributed by atoms with van der Waals surface area (Å²) in [4.78, 5) is 23.3. The second-order valence-corrected chi connectivity index (χ2v) is 7.43. The van der Waals surface area contributed by atoms with Gasteiger partial charge in [0.25, 0.3) is 11.6 Å². The van der Waals surface area contributed by atoms with E-state index in [0.717, 1.165) is 17.0 Å². The lowest BCUT2D eigenvalue weighted by atomic mass is 10.1. The number of halogens is 1. The van der Waals surface area contributed by atoms with Crippen LogP contribution in [0.15, 0.2) is 54.1 Å². The predicted octanol–water partition coefficient (Wildman–Crippen LogP) is 5.51. The number of rotatable bonds is 5. The molecule has 1 aromatic heterocycles. The molecule has 8 heteroatoms. The van der Waals surface area contributed by atoms with E-state index >= 15 is 0 Å². The highest BCUT2D eigenvalue weighted by atomic mass is 35.5. The molecule has 1 amide bonds. The minimum absolute atomic E-state index is 0.0176. The van der Waals surface area contributed by atoms with Crippen molar-refractivity contribution in [3.05, 3.63) is 91.8 Å². The van der Waals surface area contributed by atoms with Gasteiger partial charge >= 0.3 is 0 Å². The zero-order valence-electron chi connectivity index (χ0n) is 17.1. The van der Waals surface area contributed by atoms with Gasteiger partial charge < -0.3 is 9.88 Å². The van der Waals surface area contributed by atoms with E-state index in [4.69, 9.17) is 11.6 Å². The molecule has 0 bridgehead atoms. The van der Waals surface area contributed by atoms with Crippen LogP contribution in [0.1, 0.15) is 22.5 Å². The number of nitro groups is 1. The summed E-state index contributed by atoms with van der Waals surface area (Å²) in [5.74, 6) is -0.553. The highest BCUT2D eigenvalue weighted by Gasteiger charge is 2.16. The molecule has 0 unspecified atom stereocenters. The van der Waals surface area contributed by atoms with Crippen molar-refractivity contribution in [1.29, 1.82) is 5.26 Å². The van der Waals surface area contributed by atoms with Gasteiger partial charge in [-0.25, -0.2) is 0 Å². The first-order chi connectivity index (χ1) is 14.7. The summed E-state index contributed by atoms with van der Waals surface area (Å²) >= 11 is 6.09. The number of amides is 1. The third kappa shape index (κ3) is 4.65. The van der Waals surface area contributed by atoms with Crippen LogP contribution in [-0.4, -0.2) is 15.4 Å². The van der Waals surface area contributed by atoms with Crippen LogP contribution in [0.4, 0.5) is 11.4 Å². The Morgan fingerprint density at radius 2 is 1.94 bits per heavy atom. The molecular weight excluding hydrogens is 416 g/mol. The minimum Gasteiger partial charge on any atom is -0.321 e. The fourth-order valence-corrected chi connectivity index (χ4v) is 3.43. The van der Waals surface area contributed by atoms with E-state index in [2.05, 4.69) is 5.32 Å². The van der Waals surface area contributed by atoms with Gasteiger partial charge in [0.2, 0.25) is 0 Å². The molecule has 31 heavy (non-hydrogen) atoms. The van der Waals surface area contributed by atoms with Gasteiger partial charge in [0, 0.05) is 34.2 Å². The van der Waals surface area contributed by atoms with Crippen molar-refractivity contribution < 1.29 is 9.72 Å². The predicted molar refractivity (Wildman–Crippen MR) is 120 cm³/mol. The third-order valence-electron chi connectivity index (χ3n) is 4.86. The van der Waals surface area contributed by atoms with E-state index in [1.807, 2.05) is 37.5 Å². The van der Waals surface area contributed by atoms with Crippen LogP contribution in [0.3, 0.4) is 0 Å². The van der Waals surface area contributed by atoms with Gasteiger partial charge in [-0.1, -0.05) is 23.7 Å². The Balaban J connectivity index is 1.95. The Morgan fingerprint density at radius 3 is 2.58 bits per heavy atom. The van der Waals surface area contributed by atoms with E-state index in [1.54, 1.807) is 30.3 Å². The van der Waals surface area contributed by atoms with Gasteiger partial charge in [0.15, 0.2) is 0 Å². The number of nitro benzene ring substituents is 1. The van der Waals surface area contributed by atoms with Crippen molar-refractivity contribution in [3.8, 4) is 11.8 Å². The SMILES string of the molecule is Cc1ccc(NC(=O)/C(C#N)=C\c2cc(C)n(-c3cccc([N+](=O)[O-])c3)c2C)cc1Cl. The molecule has 0 atom stereocenters. The number of hydrogen-bond donors (Lipinski definition) is 1. The monoisotopic (exact) mass is 434 g/mol. The molecule has 0 saturated heterocycles. The summed E-state index contributed by atoms with van der Waals surface area (Å²) in [7, 11) is 0. The fourth-order valence-electron chi connectivity index (χ4n) is 3.25. The number of nitrogens with zero attached hydrogens (tertiary/aromatic N) is 3. The van der Waals surface area contributed by atoms with E-state index in [9.17, 15) is 20.2 Å². The van der Waals surface area contributed by atoms with Crippen LogP contribution >= 0.6 is 11.6 Å². The number of carbonyl (C=O) groups excluding carboxylic acids is 1. The van der Waals surface area contributed by atoms with Crippen molar-refractivity contribution in [2.75, 3.05) is 5.32 Å². The van der Waals surface area contributed by atoms with Crippen molar-refractivity contribution in [3.63, 3.8) is 0 Å². The maximum atomic E-state index is 12.6. The van der Waals surface area contributed by atoms with Gasteiger partial charge in [-0.3, -0.25) is 14.9 Å². The number of hydrogen-bond acceptors (Lipinski definition) is 4. The summed E-state index contributed by atoms with van der Waals surface area (Å²) in [5, 5.41) is 23.8. The molecule has 7 nitrogen and oxygen atoms in total. The van der Waals surface area contributed by atoms with Gasteiger partial charge in [-0.05, 0) is 62.2 Å². The Bertz CT molecular complexity index is 1270. The maximum Gasteiger partial charge on any atom is 0.271 e. The molecular formula is C23H19ClN4O3. The number of aryl methyl sites for hydroxylation is 2. The number of non-ortho nitro benzene ring substituents is 1. The maximum absolute atomic E-state index is 12.6. The first-order valence-electron chi connectivity index (χ1n) is 9.34. The molecule has 0 radical (unpaired) electrons. The van der Waals surface area contributed by atoms with Crippen molar-refractivity contribution in [2.24, 2.45) is 0 Å². The largest absolute Gasteiger partial charge is 0.321 e. The van der Waals surface area contributed by atoms with Gasteiger partial charge in [0.1, 0.15) is 11.6 Å². The second-order valence-electron chi connectivity index (χ2n) is 7.03. The summed E-state index contributed by atoms with van der Waals surface area (Å²) in [6.45, 7) is 5.53. The van der Waals surface area contributed by atoms with E-state index < -0.39 is 10.8 Å². The average Bonchev–Trinajstić information content (AvgIpc) is 3.01. The van der Waals surface area contributed by atoms with Gasteiger partial charge in [0.05, 0.1) is 10.6 Å². The number of carbonyl (C=O) groups is 1. The molecule has 0 fully saturated rings. The Labute approximate surface area is 184 Å². The van der Waals surface area contributed by atoms with Crippen LogP contribution in [0, 0.1) is 42.2 Å². The zero-order chi connectivity index (χ0) is 22.7. The molecule has 3 rings (SSSR count). The molecule has 3 aromatic rings. The fraction of sp³-hybridized carbons (Fsp3) is 0.130. The third-order valence-corrected chi connectivity index (χ3v) is 5.27. The molecule has 1 N–H and O–H groups in total. The quantitative estimate of drug-likeness (QED) is 0.247. The van der Waals surface area contributed by atoms with Crippen molar-refractivity contribution >= 4 is 35.0 Å². The second kappa shape index (κ2) is 8.86. The molecule has 1 heterocycles. The average molecular weight is 435 g/mol. The highest BCUT2D eigenvalue weighted by Crippen LogP contribution is 2.26. The smallest absolute Gasteiger partial charge is 0.271 e. The van der Waals surface area contributed by atoms with Crippen molar-refractivity contribution in [1.82, 2.24) is 4.57 Å². The highest BCUT2D eigenvalue weighted by molar-refractivity contribution is 6.31. The molecule has 0 saturated carbocycles. The Hall–Kier alpha value is -3.89. The van der Waals surface area contributed by atoms with Crippen molar-refractivity contribution in [2.45, 2.75) is 20.8 Å². The van der Waals surface area contributed by atoms with Crippen LogP contribution in [0.25, 0.3) is 11.8 Å². The molecule has 2 aromatic carbocycles. The Kier molecular flexibility index (Phi) is 6.23. The lowest BCUT2D eigenvalue weighted by Crippen LogP contribution is -2.13. The van der Waals surface area contributed by atoms with Gasteiger partial charge in [-0.2, -0.15) is 5.26 Å². The molecule has 156 valence electrons. The van der Waals surface area contributed by atoms with Crippen LogP contribution < -0.4 is 5.32 Å². The number of nitriles is 1. The van der Waals surface area contributed by atoms with E-state index in [0.29, 0.717) is 22.0 Å². The van der Waals surface area contributed by atoms with Crippen LogP contribution in [0.2, 0.25) is 5.02 Å². The number of anilines is 1. The molecule has 0 aliphatic rings. The lowest BCUT2D eigenvalue weighted by Gasteiger charge is -2.09. The number of nitrogens with one attached hydrogen (secondary N) is 1. The lowest BCUT2D eigenvalue weighted by molar-refractivity contribution is -0.384. The first kappa shape index (κ1) is 21.8. The molecule has 0 spiro atoms. The molecule has 0 aliphatic heterocycles. The van der Waals surface area contributed by atoms with Crippen LogP contribution in [-0.2, 0) is 4.79 Å². The summed E-state index contributed by atoms with van der Waals surface area (Å²) in [6, 6.07) is 15.1.